The van der Waals surface area contributed by atoms with E-state index in [1.807, 2.05) is 42.3 Å². The van der Waals surface area contributed by atoms with Gasteiger partial charge in [-0.2, -0.15) is 0 Å². The number of hydrogen-bond acceptors (Lipinski definition) is 4. The highest BCUT2D eigenvalue weighted by molar-refractivity contribution is 5.85. The molecule has 0 bridgehead atoms. The average Bonchev–Trinajstić information content (AvgIpc) is 3.10. The van der Waals surface area contributed by atoms with Gasteiger partial charge in [0, 0.05) is 39.8 Å². The molecule has 158 valence electrons. The molecule has 2 aliphatic heterocycles. The Bertz CT molecular complexity index is 745. The topological polar surface area (TPSA) is 53.1 Å². The van der Waals surface area contributed by atoms with Crippen LogP contribution in [0.2, 0.25) is 0 Å². The molecule has 6 nitrogen and oxygen atoms in total. The number of carbonyl (C=O) groups excluding carboxylic acids is 2. The minimum Gasteiger partial charge on any atom is -0.383 e. The third-order valence-corrected chi connectivity index (χ3v) is 5.94. The highest BCUT2D eigenvalue weighted by atomic mass is 16.5. The van der Waals surface area contributed by atoms with E-state index in [1.165, 1.54) is 5.57 Å². The Morgan fingerprint density at radius 2 is 2.00 bits per heavy atom. The first-order valence-electron chi connectivity index (χ1n) is 10.4. The summed E-state index contributed by atoms with van der Waals surface area (Å²) in [6.07, 6.45) is 2.86. The fourth-order valence-electron chi connectivity index (χ4n) is 4.46. The maximum absolute atomic E-state index is 13.3. The molecule has 2 saturated heterocycles. The van der Waals surface area contributed by atoms with Gasteiger partial charge in [0.05, 0.1) is 25.1 Å². The van der Waals surface area contributed by atoms with Crippen molar-refractivity contribution in [2.24, 2.45) is 5.92 Å². The second kappa shape index (κ2) is 9.55. The normalized spacial score (nSPS) is 24.3. The first kappa shape index (κ1) is 21.5. The van der Waals surface area contributed by atoms with E-state index in [0.29, 0.717) is 26.1 Å². The zero-order chi connectivity index (χ0) is 21.0. The van der Waals surface area contributed by atoms with Gasteiger partial charge in [0.2, 0.25) is 11.8 Å². The van der Waals surface area contributed by atoms with E-state index >= 15 is 0 Å². The van der Waals surface area contributed by atoms with Gasteiger partial charge in [0.25, 0.3) is 0 Å². The van der Waals surface area contributed by atoms with Crippen molar-refractivity contribution in [3.63, 3.8) is 0 Å². The van der Waals surface area contributed by atoms with Gasteiger partial charge in [0.1, 0.15) is 0 Å². The summed E-state index contributed by atoms with van der Waals surface area (Å²) >= 11 is 0. The number of methoxy groups -OCH3 is 1. The van der Waals surface area contributed by atoms with Crippen LogP contribution in [-0.4, -0.2) is 79.5 Å². The van der Waals surface area contributed by atoms with Gasteiger partial charge in [-0.25, -0.2) is 0 Å². The Hall–Kier alpha value is -2.18. The van der Waals surface area contributed by atoms with Crippen molar-refractivity contribution in [1.29, 1.82) is 0 Å². The van der Waals surface area contributed by atoms with E-state index < -0.39 is 0 Å². The fraction of sp³-hybridized carbons (Fsp3) is 0.565. The number of benzene rings is 1. The molecule has 0 N–H and O–H groups in total. The second-order valence-corrected chi connectivity index (χ2v) is 8.38. The summed E-state index contributed by atoms with van der Waals surface area (Å²) < 4.78 is 5.14. The van der Waals surface area contributed by atoms with Crippen molar-refractivity contribution in [3.05, 3.63) is 47.5 Å². The van der Waals surface area contributed by atoms with Crippen LogP contribution in [0, 0.1) is 5.92 Å². The predicted octanol–water partition coefficient (Wildman–Crippen LogP) is 2.33. The SMILES string of the molecule is COCCN(C)C(=O)[C@@H]1C[C@@H]2CN(CC=C(C)C)CC(=O)N2[C@@H]1c1ccccc1. The first-order valence-corrected chi connectivity index (χ1v) is 10.4. The number of rotatable bonds is 7. The maximum Gasteiger partial charge on any atom is 0.237 e. The molecule has 1 aromatic rings. The van der Waals surface area contributed by atoms with Crippen LogP contribution in [0.25, 0.3) is 0 Å². The third kappa shape index (κ3) is 4.87. The summed E-state index contributed by atoms with van der Waals surface area (Å²) in [4.78, 5) is 32.4. The van der Waals surface area contributed by atoms with Crippen LogP contribution < -0.4 is 0 Å². The average molecular weight is 400 g/mol. The van der Waals surface area contributed by atoms with Crippen LogP contribution in [0.4, 0.5) is 0 Å². The summed E-state index contributed by atoms with van der Waals surface area (Å²) in [6, 6.07) is 9.87. The van der Waals surface area contributed by atoms with E-state index in [0.717, 1.165) is 18.7 Å². The molecular formula is C23H33N3O3. The second-order valence-electron chi connectivity index (χ2n) is 8.38. The largest absolute Gasteiger partial charge is 0.383 e. The van der Waals surface area contributed by atoms with E-state index in [2.05, 4.69) is 24.8 Å². The summed E-state index contributed by atoms with van der Waals surface area (Å²) in [5.41, 5.74) is 2.29. The number of carbonyl (C=O) groups is 2. The lowest BCUT2D eigenvalue weighted by molar-refractivity contribution is -0.141. The third-order valence-electron chi connectivity index (χ3n) is 5.94. The molecule has 0 unspecified atom stereocenters. The number of allylic oxidation sites excluding steroid dienone is 1. The number of fused-ring (bicyclic) bond motifs is 1. The zero-order valence-corrected chi connectivity index (χ0v) is 18.0. The van der Waals surface area contributed by atoms with Crippen molar-refractivity contribution in [3.8, 4) is 0 Å². The molecule has 3 atom stereocenters. The molecule has 2 heterocycles. The van der Waals surface area contributed by atoms with E-state index in [9.17, 15) is 9.59 Å². The number of amides is 2. The zero-order valence-electron chi connectivity index (χ0n) is 18.0. The molecule has 0 spiro atoms. The Labute approximate surface area is 174 Å². The summed E-state index contributed by atoms with van der Waals surface area (Å²) in [5.74, 6) is -0.0161. The predicted molar refractivity (Wildman–Crippen MR) is 113 cm³/mol. The summed E-state index contributed by atoms with van der Waals surface area (Å²) in [5, 5.41) is 0. The van der Waals surface area contributed by atoms with Crippen molar-refractivity contribution < 1.29 is 14.3 Å². The molecule has 3 rings (SSSR count). The molecule has 0 radical (unpaired) electrons. The van der Waals surface area contributed by atoms with Crippen molar-refractivity contribution in [2.75, 3.05) is 46.9 Å². The van der Waals surface area contributed by atoms with Gasteiger partial charge in [-0.15, -0.1) is 0 Å². The van der Waals surface area contributed by atoms with Gasteiger partial charge in [0.15, 0.2) is 0 Å². The van der Waals surface area contributed by atoms with Crippen LogP contribution >= 0.6 is 0 Å². The summed E-state index contributed by atoms with van der Waals surface area (Å²) in [7, 11) is 3.46. The van der Waals surface area contributed by atoms with Crippen molar-refractivity contribution >= 4 is 11.8 Å². The van der Waals surface area contributed by atoms with Crippen LogP contribution in [0.15, 0.2) is 42.0 Å². The van der Waals surface area contributed by atoms with Gasteiger partial charge >= 0.3 is 0 Å². The molecule has 0 aromatic heterocycles. The molecule has 2 aliphatic rings. The number of nitrogens with zero attached hydrogens (tertiary/aromatic N) is 3. The molecule has 1 aromatic carbocycles. The number of piperazine rings is 1. The molecule has 0 saturated carbocycles. The highest BCUT2D eigenvalue weighted by Crippen LogP contribution is 2.43. The van der Waals surface area contributed by atoms with Crippen molar-refractivity contribution in [2.45, 2.75) is 32.4 Å². The number of hydrogen-bond donors (Lipinski definition) is 0. The van der Waals surface area contributed by atoms with Gasteiger partial charge in [-0.1, -0.05) is 42.0 Å². The van der Waals surface area contributed by atoms with Crippen LogP contribution in [-0.2, 0) is 14.3 Å². The van der Waals surface area contributed by atoms with Crippen LogP contribution in [0.1, 0.15) is 31.9 Å². The monoisotopic (exact) mass is 399 g/mol. The Balaban J connectivity index is 1.85. The van der Waals surface area contributed by atoms with Gasteiger partial charge in [-0.3, -0.25) is 14.5 Å². The quantitative estimate of drug-likeness (QED) is 0.661. The Morgan fingerprint density at radius 3 is 2.66 bits per heavy atom. The standard InChI is InChI=1S/C23H33N3O3/c1-17(2)10-11-25-15-19-14-20(23(28)24(3)12-13-29-4)22(26(19)21(27)16-25)18-8-6-5-7-9-18/h5-10,19-20,22H,11-16H2,1-4H3/t19-,20-,22-/m1/s1. The summed E-state index contributed by atoms with van der Waals surface area (Å²) in [6.45, 7) is 7.20. The maximum atomic E-state index is 13.3. The minimum atomic E-state index is -0.225. The Morgan fingerprint density at radius 1 is 1.28 bits per heavy atom. The smallest absolute Gasteiger partial charge is 0.237 e. The molecule has 2 amide bonds. The molecule has 2 fully saturated rings. The molecule has 0 aliphatic carbocycles. The lowest BCUT2D eigenvalue weighted by atomic mass is 9.92. The first-order chi connectivity index (χ1) is 13.9. The lowest BCUT2D eigenvalue weighted by Crippen LogP contribution is -2.54. The van der Waals surface area contributed by atoms with Gasteiger partial charge in [-0.05, 0) is 25.8 Å². The van der Waals surface area contributed by atoms with E-state index in [1.54, 1.807) is 12.0 Å². The van der Waals surface area contributed by atoms with E-state index in [-0.39, 0.29) is 29.8 Å². The van der Waals surface area contributed by atoms with Crippen molar-refractivity contribution in [1.82, 2.24) is 14.7 Å². The molecular weight excluding hydrogens is 366 g/mol. The fourth-order valence-corrected chi connectivity index (χ4v) is 4.46. The number of ether oxygens (including phenoxy) is 1. The van der Waals surface area contributed by atoms with Crippen LogP contribution in [0.3, 0.4) is 0 Å². The van der Waals surface area contributed by atoms with Gasteiger partial charge < -0.3 is 14.5 Å². The Kier molecular flexibility index (Phi) is 7.09. The molecule has 29 heavy (non-hydrogen) atoms. The van der Waals surface area contributed by atoms with E-state index in [4.69, 9.17) is 4.74 Å². The molecule has 6 heteroatoms. The highest BCUT2D eigenvalue weighted by Gasteiger charge is 2.50. The lowest BCUT2D eigenvalue weighted by Gasteiger charge is -2.40. The number of likely N-dealkylation sites (N-methyl/N-ethyl adjacent to an activating group) is 1. The van der Waals surface area contributed by atoms with Crippen LogP contribution in [0.5, 0.6) is 0 Å². The minimum absolute atomic E-state index is 0.0665.